The quantitative estimate of drug-likeness (QED) is 0.863. The second-order valence-corrected chi connectivity index (χ2v) is 8.69. The molecule has 2 aliphatic heterocycles. The number of likely N-dealkylation sites (N-methyl/N-ethyl adjacent to an activating group) is 1. The molecule has 0 aliphatic carbocycles. The molecule has 2 fully saturated rings. The van der Waals surface area contributed by atoms with Gasteiger partial charge in [0.05, 0.1) is 23.7 Å². The highest BCUT2D eigenvalue weighted by molar-refractivity contribution is 5.75. The summed E-state index contributed by atoms with van der Waals surface area (Å²) in [4.78, 5) is 12.1. The molecule has 0 amide bonds. The number of β-amino-alcohol motifs (C(OH)–C–C–N with tert-alkyl or cyclic N) is 1. The highest BCUT2D eigenvalue weighted by Gasteiger charge is 2.36. The molecule has 1 N–H and O–H groups in total. The number of aromatic nitrogens is 2. The molecule has 0 unspecified atom stereocenters. The van der Waals surface area contributed by atoms with Gasteiger partial charge >= 0.3 is 0 Å². The fourth-order valence-corrected chi connectivity index (χ4v) is 4.50. The third-order valence-electron chi connectivity index (χ3n) is 5.99. The zero-order chi connectivity index (χ0) is 19.0. The van der Waals surface area contributed by atoms with Crippen molar-refractivity contribution in [2.45, 2.75) is 39.1 Å². The monoisotopic (exact) mass is 371 g/mol. The SMILES string of the molecule is CC(C)Cn1c(CN2C[C@H](O)[C@@H](N3CCN(C)CC3)C2)nc2ccccc21. The fourth-order valence-electron chi connectivity index (χ4n) is 4.50. The van der Waals surface area contributed by atoms with Gasteiger partial charge in [0.1, 0.15) is 5.82 Å². The van der Waals surface area contributed by atoms with Crippen LogP contribution in [0.1, 0.15) is 19.7 Å². The summed E-state index contributed by atoms with van der Waals surface area (Å²) in [5.41, 5.74) is 2.29. The Morgan fingerprint density at radius 2 is 1.85 bits per heavy atom. The van der Waals surface area contributed by atoms with Crippen LogP contribution in [0.4, 0.5) is 0 Å². The number of fused-ring (bicyclic) bond motifs is 1. The smallest absolute Gasteiger partial charge is 0.124 e. The molecule has 1 aromatic carbocycles. The first-order chi connectivity index (χ1) is 13.0. The third-order valence-corrected chi connectivity index (χ3v) is 5.99. The van der Waals surface area contributed by atoms with E-state index in [-0.39, 0.29) is 12.1 Å². The maximum Gasteiger partial charge on any atom is 0.124 e. The van der Waals surface area contributed by atoms with Crippen LogP contribution in [0.5, 0.6) is 0 Å². The molecule has 0 saturated carbocycles. The normalized spacial score (nSPS) is 25.8. The number of likely N-dealkylation sites (tertiary alicyclic amines) is 1. The minimum atomic E-state index is -0.267. The number of imidazole rings is 1. The molecule has 2 atom stereocenters. The summed E-state index contributed by atoms with van der Waals surface area (Å²) in [7, 11) is 2.17. The zero-order valence-corrected chi connectivity index (χ0v) is 16.9. The van der Waals surface area contributed by atoms with E-state index in [9.17, 15) is 5.11 Å². The van der Waals surface area contributed by atoms with Gasteiger partial charge in [-0.3, -0.25) is 9.80 Å². The second-order valence-electron chi connectivity index (χ2n) is 8.69. The predicted octanol–water partition coefficient (Wildman–Crippen LogP) is 1.48. The molecule has 3 heterocycles. The molecular weight excluding hydrogens is 338 g/mol. The Hall–Kier alpha value is -1.47. The van der Waals surface area contributed by atoms with Crippen molar-refractivity contribution in [3.63, 3.8) is 0 Å². The van der Waals surface area contributed by atoms with Gasteiger partial charge < -0.3 is 14.6 Å². The van der Waals surface area contributed by atoms with E-state index in [2.05, 4.69) is 64.4 Å². The number of para-hydroxylation sites is 2. The molecule has 2 saturated heterocycles. The number of hydrogen-bond acceptors (Lipinski definition) is 5. The summed E-state index contributed by atoms with van der Waals surface area (Å²) < 4.78 is 2.37. The molecule has 6 heteroatoms. The molecule has 4 rings (SSSR count). The average Bonchev–Trinajstić information content (AvgIpc) is 3.16. The van der Waals surface area contributed by atoms with Gasteiger partial charge in [-0.15, -0.1) is 0 Å². The second kappa shape index (κ2) is 7.87. The third kappa shape index (κ3) is 4.04. The summed E-state index contributed by atoms with van der Waals surface area (Å²) in [5.74, 6) is 1.69. The Morgan fingerprint density at radius 1 is 1.11 bits per heavy atom. The molecule has 6 nitrogen and oxygen atoms in total. The van der Waals surface area contributed by atoms with Gasteiger partial charge in [0.15, 0.2) is 0 Å². The topological polar surface area (TPSA) is 47.8 Å². The zero-order valence-electron chi connectivity index (χ0n) is 16.9. The van der Waals surface area contributed by atoms with Crippen LogP contribution >= 0.6 is 0 Å². The van der Waals surface area contributed by atoms with Crippen LogP contribution in [0.25, 0.3) is 11.0 Å². The molecule has 27 heavy (non-hydrogen) atoms. The predicted molar refractivity (Wildman–Crippen MR) is 109 cm³/mol. The molecular formula is C21H33N5O. The lowest BCUT2D eigenvalue weighted by Crippen LogP contribution is -2.52. The molecule has 2 aromatic rings. The standard InChI is InChI=1S/C21H33N5O/c1-16(2)12-26-18-7-5-4-6-17(18)22-21(26)15-24-13-19(20(27)14-24)25-10-8-23(3)9-11-25/h4-7,16,19-20,27H,8-15H2,1-3H3/t19-,20-/m0/s1. The van der Waals surface area contributed by atoms with Crippen molar-refractivity contribution in [2.24, 2.45) is 5.92 Å². The van der Waals surface area contributed by atoms with Crippen molar-refractivity contribution in [1.82, 2.24) is 24.3 Å². The van der Waals surface area contributed by atoms with E-state index >= 15 is 0 Å². The van der Waals surface area contributed by atoms with Gasteiger partial charge in [-0.2, -0.15) is 0 Å². The lowest BCUT2D eigenvalue weighted by molar-refractivity contribution is 0.0512. The van der Waals surface area contributed by atoms with Crippen molar-refractivity contribution < 1.29 is 5.11 Å². The summed E-state index contributed by atoms with van der Waals surface area (Å²) in [6.45, 7) is 12.2. The fraction of sp³-hybridized carbons (Fsp3) is 0.667. The summed E-state index contributed by atoms with van der Waals surface area (Å²) in [5, 5.41) is 10.7. The van der Waals surface area contributed by atoms with Crippen molar-refractivity contribution >= 4 is 11.0 Å². The summed E-state index contributed by atoms with van der Waals surface area (Å²) in [6.07, 6.45) is -0.267. The first-order valence-corrected chi connectivity index (χ1v) is 10.3. The van der Waals surface area contributed by atoms with Gasteiger partial charge in [-0.1, -0.05) is 26.0 Å². The van der Waals surface area contributed by atoms with Crippen LogP contribution in [-0.2, 0) is 13.1 Å². The van der Waals surface area contributed by atoms with E-state index in [1.165, 1.54) is 5.52 Å². The molecule has 0 radical (unpaired) electrons. The highest BCUT2D eigenvalue weighted by Crippen LogP contribution is 2.23. The Bertz CT molecular complexity index is 765. The van der Waals surface area contributed by atoms with Crippen molar-refractivity contribution in [3.8, 4) is 0 Å². The summed E-state index contributed by atoms with van der Waals surface area (Å²) in [6, 6.07) is 8.67. The number of aliphatic hydroxyl groups excluding tert-OH is 1. The molecule has 1 aromatic heterocycles. The maximum atomic E-state index is 10.7. The van der Waals surface area contributed by atoms with Gasteiger partial charge in [0.2, 0.25) is 0 Å². The summed E-state index contributed by atoms with van der Waals surface area (Å²) >= 11 is 0. The lowest BCUT2D eigenvalue weighted by atomic mass is 10.1. The average molecular weight is 372 g/mol. The number of piperazine rings is 1. The Kier molecular flexibility index (Phi) is 5.50. The van der Waals surface area contributed by atoms with Gasteiger partial charge in [-0.05, 0) is 25.1 Å². The lowest BCUT2D eigenvalue weighted by Gasteiger charge is -2.37. The van der Waals surface area contributed by atoms with E-state index in [0.717, 1.165) is 63.7 Å². The molecule has 0 bridgehead atoms. The highest BCUT2D eigenvalue weighted by atomic mass is 16.3. The van der Waals surface area contributed by atoms with E-state index in [1.807, 2.05) is 0 Å². The van der Waals surface area contributed by atoms with E-state index in [4.69, 9.17) is 4.98 Å². The van der Waals surface area contributed by atoms with E-state index in [0.29, 0.717) is 5.92 Å². The molecule has 148 valence electrons. The molecule has 2 aliphatic rings. The van der Waals surface area contributed by atoms with Crippen molar-refractivity contribution in [1.29, 1.82) is 0 Å². The van der Waals surface area contributed by atoms with Crippen molar-refractivity contribution in [3.05, 3.63) is 30.1 Å². The number of rotatable bonds is 5. The minimum Gasteiger partial charge on any atom is -0.390 e. The van der Waals surface area contributed by atoms with Crippen LogP contribution in [-0.4, -0.2) is 87.8 Å². The van der Waals surface area contributed by atoms with Crippen LogP contribution in [0.15, 0.2) is 24.3 Å². The van der Waals surface area contributed by atoms with Gasteiger partial charge in [-0.25, -0.2) is 4.98 Å². The minimum absolute atomic E-state index is 0.252. The number of hydrogen-bond donors (Lipinski definition) is 1. The first kappa shape index (κ1) is 18.9. The van der Waals surface area contributed by atoms with E-state index < -0.39 is 0 Å². The number of nitrogens with zero attached hydrogens (tertiary/aromatic N) is 5. The van der Waals surface area contributed by atoms with Gasteiger partial charge in [0.25, 0.3) is 0 Å². The van der Waals surface area contributed by atoms with E-state index in [1.54, 1.807) is 0 Å². The Labute approximate surface area is 162 Å². The number of benzene rings is 1. The van der Waals surface area contributed by atoms with Gasteiger partial charge in [0, 0.05) is 51.9 Å². The Balaban J connectivity index is 1.49. The Morgan fingerprint density at radius 3 is 2.59 bits per heavy atom. The first-order valence-electron chi connectivity index (χ1n) is 10.3. The largest absolute Gasteiger partial charge is 0.390 e. The van der Waals surface area contributed by atoms with Crippen LogP contribution in [0.3, 0.4) is 0 Å². The molecule has 0 spiro atoms. The van der Waals surface area contributed by atoms with Crippen LogP contribution < -0.4 is 0 Å². The number of aliphatic hydroxyl groups is 1. The maximum absolute atomic E-state index is 10.7. The van der Waals surface area contributed by atoms with Crippen LogP contribution in [0.2, 0.25) is 0 Å². The van der Waals surface area contributed by atoms with Crippen molar-refractivity contribution in [2.75, 3.05) is 46.3 Å². The van der Waals surface area contributed by atoms with Crippen LogP contribution in [0, 0.1) is 5.92 Å².